The Morgan fingerprint density at radius 3 is 1.01 bits per heavy atom. The number of para-hydroxylation sites is 2. The van der Waals surface area contributed by atoms with Gasteiger partial charge in [0.15, 0.2) is 0 Å². The minimum atomic E-state index is -0.322. The fraction of sp³-hybridized carbons (Fsp3) is 0.0968. The molecule has 4 aromatic heterocycles. The summed E-state index contributed by atoms with van der Waals surface area (Å²) in [6.45, 7) is 14.2. The first-order valence-electron chi connectivity index (χ1n) is 34.4. The molecule has 0 amide bonds. The summed E-state index contributed by atoms with van der Waals surface area (Å²) in [5.41, 5.74) is 28.0. The van der Waals surface area contributed by atoms with E-state index < -0.39 is 0 Å². The molecule has 0 atom stereocenters. The summed E-state index contributed by atoms with van der Waals surface area (Å²) < 4.78 is 27.0. The first-order valence-corrected chi connectivity index (χ1v) is 34.4. The van der Waals surface area contributed by atoms with Crippen LogP contribution in [0.15, 0.2) is 297 Å². The van der Waals surface area contributed by atoms with Crippen LogP contribution in [0, 0.1) is 0 Å². The predicted octanol–water partition coefficient (Wildman–Crippen LogP) is 26.5. The molecule has 3 aliphatic rings. The highest BCUT2D eigenvalue weighted by molar-refractivity contribution is 6.12. The molecule has 0 radical (unpaired) electrons. The molecular weight excluding hydrogens is 1210 g/mol. The van der Waals surface area contributed by atoms with Gasteiger partial charge in [0.2, 0.25) is 0 Å². The highest BCUT2D eigenvalue weighted by Crippen LogP contribution is 2.57. The smallest absolute Gasteiger partial charge is 0.137 e. The van der Waals surface area contributed by atoms with Crippen LogP contribution in [0.1, 0.15) is 74.9 Å². The maximum atomic E-state index is 7.10. The van der Waals surface area contributed by atoms with Crippen molar-refractivity contribution in [1.29, 1.82) is 0 Å². The van der Waals surface area contributed by atoms with Crippen molar-refractivity contribution < 1.29 is 17.7 Å². The Labute approximate surface area is 571 Å². The van der Waals surface area contributed by atoms with E-state index in [0.29, 0.717) is 0 Å². The Hall–Kier alpha value is -12.1. The molecular formula is C93H64N2O4. The molecule has 0 fully saturated rings. The number of rotatable bonds is 8. The Bertz CT molecular complexity index is 6060. The maximum absolute atomic E-state index is 7.10. The number of nitrogens with zero attached hydrogens (tertiary/aromatic N) is 2. The number of fused-ring (bicyclic) bond motifs is 21. The van der Waals surface area contributed by atoms with E-state index in [-0.39, 0.29) is 16.2 Å². The van der Waals surface area contributed by atoms with Gasteiger partial charge < -0.3 is 27.5 Å². The van der Waals surface area contributed by atoms with E-state index >= 15 is 0 Å². The Kier molecular flexibility index (Phi) is 11.3. The zero-order valence-electron chi connectivity index (χ0n) is 55.6. The van der Waals surface area contributed by atoms with Crippen LogP contribution in [0.4, 0.5) is 34.1 Å². The molecule has 99 heavy (non-hydrogen) atoms. The topological polar surface area (TPSA) is 59.0 Å². The molecule has 21 rings (SSSR count). The SMILES string of the molecule is CC1(C)c2cc3c(cc2-c2cc4oc5cc(N(c6ccc(-c7cc8ccccc8o7)cc6)c6ccc7c(c6)C(C)(C)c6c-7ccc7ccccc67)ccc5c4cc21)oc1cc(N(c2ccc(-c4cc5ccccc5o4)cc2)c2ccc4c(c2)C(C)(C)c2c-4ccc4ccccc24)ccc13. The summed E-state index contributed by atoms with van der Waals surface area (Å²) in [7, 11) is 0. The summed E-state index contributed by atoms with van der Waals surface area (Å²) in [5, 5.41) is 11.7. The molecule has 470 valence electrons. The quantitative estimate of drug-likeness (QED) is 0.151. The van der Waals surface area contributed by atoms with E-state index in [1.165, 1.54) is 77.2 Å². The summed E-state index contributed by atoms with van der Waals surface area (Å²) in [5.74, 6) is 1.68. The van der Waals surface area contributed by atoms with Crippen molar-refractivity contribution in [3.8, 4) is 56.0 Å². The standard InChI is InChI=1S/C93H64N2O4/c1-91(2)79-49-75-69-41-35-63(94(59-29-23-55(24-30-59)83-43-57-17-9-13-21-81(57)96-83)61-33-39-67-71-37-27-53-15-7-11-19-65(53)89(71)92(3,4)77(67)45-61)47-85(69)98-87(75)51-73(79)74-52-88-76(50-80(74)91)70-42-36-64(48-86(70)99-88)95(60-31-25-56(26-32-60)84-44-58-18-10-14-22-82(58)97-84)62-34-40-68-72-38-28-54-16-8-12-20-66(54)90(72)93(5,6)78(68)46-62/h7-52H,1-6H3. The van der Waals surface area contributed by atoms with Gasteiger partial charge in [0.05, 0.1) is 0 Å². The Morgan fingerprint density at radius 1 is 0.222 bits per heavy atom. The van der Waals surface area contributed by atoms with Crippen molar-refractivity contribution in [2.75, 3.05) is 9.80 Å². The van der Waals surface area contributed by atoms with Crippen LogP contribution in [0.5, 0.6) is 0 Å². The van der Waals surface area contributed by atoms with Gasteiger partial charge in [-0.3, -0.25) is 0 Å². The molecule has 14 aromatic carbocycles. The molecule has 0 saturated carbocycles. The number of benzene rings is 14. The van der Waals surface area contributed by atoms with Crippen molar-refractivity contribution in [2.24, 2.45) is 0 Å². The van der Waals surface area contributed by atoms with Crippen molar-refractivity contribution in [1.82, 2.24) is 0 Å². The summed E-state index contributed by atoms with van der Waals surface area (Å²) in [6.07, 6.45) is 0. The fourth-order valence-corrected chi connectivity index (χ4v) is 17.7. The average Bonchev–Trinajstić information content (AvgIpc) is 1.60. The Balaban J connectivity index is 0.659. The largest absolute Gasteiger partial charge is 0.456 e. The molecule has 6 nitrogen and oxygen atoms in total. The van der Waals surface area contributed by atoms with Crippen LogP contribution >= 0.6 is 0 Å². The first-order chi connectivity index (χ1) is 48.3. The van der Waals surface area contributed by atoms with Crippen molar-refractivity contribution in [2.45, 2.75) is 57.8 Å². The van der Waals surface area contributed by atoms with Gasteiger partial charge in [0.25, 0.3) is 0 Å². The molecule has 0 aliphatic heterocycles. The summed E-state index contributed by atoms with van der Waals surface area (Å²) in [4.78, 5) is 4.75. The minimum absolute atomic E-state index is 0.241. The molecule has 4 heterocycles. The van der Waals surface area contributed by atoms with Gasteiger partial charge in [-0.05, 0) is 234 Å². The number of furan rings is 4. The minimum Gasteiger partial charge on any atom is -0.456 e. The van der Waals surface area contributed by atoms with Crippen LogP contribution in [-0.4, -0.2) is 0 Å². The first kappa shape index (κ1) is 56.1. The van der Waals surface area contributed by atoms with Gasteiger partial charge in [0, 0.05) is 106 Å². The normalized spacial score (nSPS) is 14.4. The van der Waals surface area contributed by atoms with E-state index in [0.717, 1.165) is 134 Å². The lowest BCUT2D eigenvalue weighted by atomic mass is 9.80. The molecule has 3 aliphatic carbocycles. The molecule has 0 spiro atoms. The molecule has 0 N–H and O–H groups in total. The van der Waals surface area contributed by atoms with Gasteiger partial charge in [-0.2, -0.15) is 0 Å². The second-order valence-corrected chi connectivity index (χ2v) is 29.2. The Morgan fingerprint density at radius 2 is 0.576 bits per heavy atom. The molecule has 6 heteroatoms. The summed E-state index contributed by atoms with van der Waals surface area (Å²) >= 11 is 0. The third kappa shape index (κ3) is 8.06. The number of hydrogen-bond acceptors (Lipinski definition) is 6. The molecule has 0 bridgehead atoms. The third-order valence-corrected chi connectivity index (χ3v) is 22.6. The molecule has 0 saturated heterocycles. The lowest BCUT2D eigenvalue weighted by Gasteiger charge is -2.28. The van der Waals surface area contributed by atoms with Crippen molar-refractivity contribution in [3.05, 3.63) is 312 Å². The van der Waals surface area contributed by atoms with Crippen LogP contribution in [0.3, 0.4) is 0 Å². The number of anilines is 6. The van der Waals surface area contributed by atoms with Crippen molar-refractivity contribution >= 4 is 121 Å². The fourth-order valence-electron chi connectivity index (χ4n) is 17.7. The van der Waals surface area contributed by atoms with Crippen LogP contribution in [0.25, 0.3) is 143 Å². The predicted molar refractivity (Wildman–Crippen MR) is 408 cm³/mol. The van der Waals surface area contributed by atoms with E-state index in [9.17, 15) is 0 Å². The third-order valence-electron chi connectivity index (χ3n) is 22.6. The summed E-state index contributed by atoms with van der Waals surface area (Å²) in [6, 6.07) is 102. The van der Waals surface area contributed by atoms with Crippen molar-refractivity contribution in [3.63, 3.8) is 0 Å². The highest BCUT2D eigenvalue weighted by atomic mass is 16.3. The molecule has 18 aromatic rings. The van der Waals surface area contributed by atoms with Gasteiger partial charge in [-0.15, -0.1) is 0 Å². The van der Waals surface area contributed by atoms with Crippen LogP contribution < -0.4 is 9.80 Å². The highest BCUT2D eigenvalue weighted by Gasteiger charge is 2.41. The van der Waals surface area contributed by atoms with E-state index in [1.54, 1.807) is 0 Å². The lowest BCUT2D eigenvalue weighted by Crippen LogP contribution is -2.17. The van der Waals surface area contributed by atoms with E-state index in [4.69, 9.17) is 17.7 Å². The van der Waals surface area contributed by atoms with E-state index in [1.807, 2.05) is 24.3 Å². The zero-order valence-corrected chi connectivity index (χ0v) is 55.6. The zero-order chi connectivity index (χ0) is 65.9. The lowest BCUT2D eigenvalue weighted by molar-refractivity contribution is 0.631. The van der Waals surface area contributed by atoms with Gasteiger partial charge in [-0.1, -0.05) is 163 Å². The molecule has 0 unspecified atom stereocenters. The van der Waals surface area contributed by atoms with E-state index in [2.05, 4.69) is 306 Å². The second-order valence-electron chi connectivity index (χ2n) is 29.2. The second kappa shape index (κ2) is 20.0. The van der Waals surface area contributed by atoms with Gasteiger partial charge in [-0.25, -0.2) is 0 Å². The van der Waals surface area contributed by atoms with Crippen LogP contribution in [0.2, 0.25) is 0 Å². The van der Waals surface area contributed by atoms with Gasteiger partial charge in [0.1, 0.15) is 45.0 Å². The van der Waals surface area contributed by atoms with Crippen LogP contribution in [-0.2, 0) is 16.2 Å². The monoisotopic (exact) mass is 1270 g/mol. The number of hydrogen-bond donors (Lipinski definition) is 0. The van der Waals surface area contributed by atoms with Gasteiger partial charge >= 0.3 is 0 Å². The average molecular weight is 1270 g/mol. The maximum Gasteiger partial charge on any atom is 0.137 e.